The molecule has 1 aromatic carbocycles. The van der Waals surface area contributed by atoms with Crippen molar-refractivity contribution in [2.45, 2.75) is 19.9 Å². The van der Waals surface area contributed by atoms with Gasteiger partial charge in [0.1, 0.15) is 12.4 Å². The highest BCUT2D eigenvalue weighted by Gasteiger charge is 2.23. The van der Waals surface area contributed by atoms with Crippen molar-refractivity contribution in [2.75, 3.05) is 20.1 Å². The van der Waals surface area contributed by atoms with Crippen LogP contribution in [0.15, 0.2) is 47.6 Å². The van der Waals surface area contributed by atoms with Crippen molar-refractivity contribution in [3.05, 3.63) is 70.5 Å². The Morgan fingerprint density at radius 2 is 2.07 bits per heavy atom. The van der Waals surface area contributed by atoms with Gasteiger partial charge < -0.3 is 4.90 Å². The van der Waals surface area contributed by atoms with Crippen LogP contribution in [0.4, 0.5) is 0 Å². The van der Waals surface area contributed by atoms with Crippen LogP contribution in [0.2, 0.25) is 5.02 Å². The quantitative estimate of drug-likeness (QED) is 0.682. The van der Waals surface area contributed by atoms with Gasteiger partial charge in [-0.25, -0.2) is 0 Å². The van der Waals surface area contributed by atoms with Crippen LogP contribution < -0.4 is 0 Å². The molecule has 0 fully saturated rings. The molecular formula is C20H21ClN6. The number of aliphatic imine (C=N–C) groups is 1. The molecule has 0 spiro atoms. The first kappa shape index (κ1) is 17.8. The second-order valence-electron chi connectivity index (χ2n) is 6.56. The van der Waals surface area contributed by atoms with Gasteiger partial charge in [-0.1, -0.05) is 24.6 Å². The molecule has 1 aliphatic rings. The Morgan fingerprint density at radius 3 is 2.85 bits per heavy atom. The maximum Gasteiger partial charge on any atom is 0.159 e. The molecule has 0 bridgehead atoms. The van der Waals surface area contributed by atoms with E-state index in [0.29, 0.717) is 11.6 Å². The molecular weight excluding hydrogens is 360 g/mol. The standard InChI is InChI=1S/C20H21ClN6/c1-3-26(2)11-9-18-24-25-19-13-23-20(16-6-4-5-10-22-16)15-12-14(21)7-8-17(15)27(18)19/h4-8,10,12H,3,9,11,13H2,1-2H3. The molecule has 7 heteroatoms. The summed E-state index contributed by atoms with van der Waals surface area (Å²) in [6.45, 7) is 4.52. The Labute approximate surface area is 163 Å². The first-order valence-corrected chi connectivity index (χ1v) is 9.43. The third-order valence-corrected chi connectivity index (χ3v) is 5.03. The summed E-state index contributed by atoms with van der Waals surface area (Å²) in [5.41, 5.74) is 3.60. The summed E-state index contributed by atoms with van der Waals surface area (Å²) in [5, 5.41) is 9.50. The van der Waals surface area contributed by atoms with Crippen molar-refractivity contribution in [3.8, 4) is 5.69 Å². The molecule has 0 N–H and O–H groups in total. The van der Waals surface area contributed by atoms with E-state index in [2.05, 4.69) is 38.6 Å². The van der Waals surface area contributed by atoms with Crippen LogP contribution in [0.25, 0.3) is 5.69 Å². The summed E-state index contributed by atoms with van der Waals surface area (Å²) in [7, 11) is 2.11. The lowest BCUT2D eigenvalue weighted by molar-refractivity contribution is 0.354. The van der Waals surface area contributed by atoms with Crippen molar-refractivity contribution in [2.24, 2.45) is 4.99 Å². The molecule has 3 aromatic rings. The van der Waals surface area contributed by atoms with E-state index < -0.39 is 0 Å². The minimum Gasteiger partial charge on any atom is -0.306 e. The molecule has 0 radical (unpaired) electrons. The van der Waals surface area contributed by atoms with Crippen LogP contribution in [0.1, 0.15) is 29.8 Å². The average Bonchev–Trinajstić information content (AvgIpc) is 3.02. The zero-order chi connectivity index (χ0) is 18.8. The maximum atomic E-state index is 6.32. The Morgan fingerprint density at radius 1 is 1.19 bits per heavy atom. The molecule has 0 saturated carbocycles. The molecule has 0 atom stereocenters. The van der Waals surface area contributed by atoms with E-state index in [9.17, 15) is 0 Å². The van der Waals surface area contributed by atoms with Gasteiger partial charge >= 0.3 is 0 Å². The zero-order valence-corrected chi connectivity index (χ0v) is 16.2. The Hall–Kier alpha value is -2.57. The lowest BCUT2D eigenvalue weighted by Crippen LogP contribution is -2.22. The van der Waals surface area contributed by atoms with Crippen LogP contribution in [0.5, 0.6) is 0 Å². The number of halogens is 1. The van der Waals surface area contributed by atoms with Crippen LogP contribution in [0.3, 0.4) is 0 Å². The Kier molecular flexibility index (Phi) is 5.01. The van der Waals surface area contributed by atoms with Gasteiger partial charge in [0, 0.05) is 29.7 Å². The summed E-state index contributed by atoms with van der Waals surface area (Å²) < 4.78 is 2.12. The molecule has 6 nitrogen and oxygen atoms in total. The smallest absolute Gasteiger partial charge is 0.159 e. The fourth-order valence-corrected chi connectivity index (χ4v) is 3.37. The zero-order valence-electron chi connectivity index (χ0n) is 15.4. The second-order valence-corrected chi connectivity index (χ2v) is 6.99. The SMILES string of the molecule is CCN(C)CCc1nnc2n1-c1ccc(Cl)cc1C(c1ccccn1)=NC2. The predicted molar refractivity (Wildman–Crippen MR) is 107 cm³/mol. The van der Waals surface area contributed by atoms with Gasteiger partial charge in [0.15, 0.2) is 5.82 Å². The van der Waals surface area contributed by atoms with E-state index in [1.54, 1.807) is 6.20 Å². The van der Waals surface area contributed by atoms with Crippen LogP contribution >= 0.6 is 11.6 Å². The minimum absolute atomic E-state index is 0.453. The third kappa shape index (κ3) is 3.50. The summed E-state index contributed by atoms with van der Waals surface area (Å²) in [5.74, 6) is 1.77. The number of likely N-dealkylation sites (N-methyl/N-ethyl adjacent to an activating group) is 1. The molecule has 2 aromatic heterocycles. The van der Waals surface area contributed by atoms with Gasteiger partial charge in [0.05, 0.1) is 17.1 Å². The number of rotatable bonds is 5. The summed E-state index contributed by atoms with van der Waals surface area (Å²) in [6, 6.07) is 11.7. The van der Waals surface area contributed by atoms with Crippen molar-refractivity contribution in [1.29, 1.82) is 0 Å². The molecule has 1 aliphatic heterocycles. The Balaban J connectivity index is 1.82. The fourth-order valence-electron chi connectivity index (χ4n) is 3.19. The largest absolute Gasteiger partial charge is 0.306 e. The monoisotopic (exact) mass is 380 g/mol. The van der Waals surface area contributed by atoms with Crippen molar-refractivity contribution < 1.29 is 0 Å². The van der Waals surface area contributed by atoms with E-state index in [-0.39, 0.29) is 0 Å². The van der Waals surface area contributed by atoms with Gasteiger partial charge in [-0.3, -0.25) is 14.5 Å². The van der Waals surface area contributed by atoms with E-state index in [1.807, 2.05) is 36.4 Å². The predicted octanol–water partition coefficient (Wildman–Crippen LogP) is 3.16. The number of fused-ring (bicyclic) bond motifs is 3. The number of hydrogen-bond donors (Lipinski definition) is 0. The van der Waals surface area contributed by atoms with E-state index in [1.165, 1.54) is 0 Å². The Bertz CT molecular complexity index is 979. The summed E-state index contributed by atoms with van der Waals surface area (Å²) in [4.78, 5) is 11.6. The van der Waals surface area contributed by atoms with Gasteiger partial charge in [-0.05, 0) is 43.9 Å². The molecule has 3 heterocycles. The second kappa shape index (κ2) is 7.58. The van der Waals surface area contributed by atoms with E-state index in [4.69, 9.17) is 16.6 Å². The average molecular weight is 381 g/mol. The minimum atomic E-state index is 0.453. The molecule has 4 rings (SSSR count). The van der Waals surface area contributed by atoms with Crippen LogP contribution in [-0.2, 0) is 13.0 Å². The van der Waals surface area contributed by atoms with Gasteiger partial charge in [-0.2, -0.15) is 0 Å². The number of pyridine rings is 1. The lowest BCUT2D eigenvalue weighted by Gasteiger charge is -2.16. The van der Waals surface area contributed by atoms with Crippen LogP contribution in [-0.4, -0.2) is 50.5 Å². The molecule has 0 aliphatic carbocycles. The first-order chi connectivity index (χ1) is 13.2. The highest BCUT2D eigenvalue weighted by Crippen LogP contribution is 2.28. The van der Waals surface area contributed by atoms with Gasteiger partial charge in [-0.15, -0.1) is 10.2 Å². The summed E-state index contributed by atoms with van der Waals surface area (Å²) in [6.07, 6.45) is 2.59. The number of hydrogen-bond acceptors (Lipinski definition) is 5. The first-order valence-electron chi connectivity index (χ1n) is 9.05. The number of nitrogens with zero attached hydrogens (tertiary/aromatic N) is 6. The molecule has 0 unspecified atom stereocenters. The number of aromatic nitrogens is 4. The van der Waals surface area contributed by atoms with Crippen molar-refractivity contribution >= 4 is 17.3 Å². The van der Waals surface area contributed by atoms with Crippen molar-refractivity contribution in [1.82, 2.24) is 24.6 Å². The van der Waals surface area contributed by atoms with E-state index in [0.717, 1.165) is 53.8 Å². The number of benzene rings is 1. The summed E-state index contributed by atoms with van der Waals surface area (Å²) >= 11 is 6.32. The lowest BCUT2D eigenvalue weighted by atomic mass is 10.0. The van der Waals surface area contributed by atoms with Gasteiger partial charge in [0.25, 0.3) is 0 Å². The van der Waals surface area contributed by atoms with E-state index >= 15 is 0 Å². The molecule has 27 heavy (non-hydrogen) atoms. The molecule has 138 valence electrons. The fraction of sp³-hybridized carbons (Fsp3) is 0.300. The normalized spacial score (nSPS) is 13.1. The maximum absolute atomic E-state index is 6.32. The molecule has 0 amide bonds. The topological polar surface area (TPSA) is 59.2 Å². The van der Waals surface area contributed by atoms with Crippen molar-refractivity contribution in [3.63, 3.8) is 0 Å². The third-order valence-electron chi connectivity index (χ3n) is 4.79. The highest BCUT2D eigenvalue weighted by atomic mass is 35.5. The van der Waals surface area contributed by atoms with Gasteiger partial charge in [0.2, 0.25) is 0 Å². The molecule has 0 saturated heterocycles. The highest BCUT2D eigenvalue weighted by molar-refractivity contribution is 6.31. The van der Waals surface area contributed by atoms with Crippen LogP contribution in [0, 0.1) is 0 Å².